The Bertz CT molecular complexity index is 833. The van der Waals surface area contributed by atoms with Crippen LogP contribution in [0.2, 0.25) is 0 Å². The number of piperazine rings is 1. The number of methoxy groups -OCH3 is 2. The quantitative estimate of drug-likeness (QED) is 0.732. The molecule has 2 unspecified atom stereocenters. The van der Waals surface area contributed by atoms with Crippen molar-refractivity contribution < 1.29 is 9.47 Å². The molecule has 0 spiro atoms. The first-order valence-electron chi connectivity index (χ1n) is 10.9. The summed E-state index contributed by atoms with van der Waals surface area (Å²) in [7, 11) is 3.49. The summed E-state index contributed by atoms with van der Waals surface area (Å²) in [6.45, 7) is 8.92. The van der Waals surface area contributed by atoms with Gasteiger partial charge in [0.05, 0.1) is 14.2 Å². The van der Waals surface area contributed by atoms with E-state index in [1.165, 1.54) is 41.5 Å². The maximum Gasteiger partial charge on any atom is 0.122 e. The molecule has 0 radical (unpaired) electrons. The third-order valence-corrected chi connectivity index (χ3v) is 6.95. The van der Waals surface area contributed by atoms with E-state index in [1.54, 1.807) is 14.2 Å². The fraction of sp³-hybridized carbons (Fsp3) is 0.520. The highest BCUT2D eigenvalue weighted by molar-refractivity contribution is 5.45. The van der Waals surface area contributed by atoms with Gasteiger partial charge < -0.3 is 9.47 Å². The van der Waals surface area contributed by atoms with Gasteiger partial charge >= 0.3 is 0 Å². The minimum atomic E-state index is 0.543. The largest absolute Gasteiger partial charge is 0.497 e. The first kappa shape index (κ1) is 20.2. The van der Waals surface area contributed by atoms with E-state index < -0.39 is 0 Å². The molecule has 29 heavy (non-hydrogen) atoms. The molecule has 4 nitrogen and oxygen atoms in total. The molecule has 2 atom stereocenters. The van der Waals surface area contributed by atoms with E-state index in [0.29, 0.717) is 12.1 Å². The molecule has 2 fully saturated rings. The molecular weight excluding hydrogens is 360 g/mol. The van der Waals surface area contributed by atoms with Gasteiger partial charge in [-0.3, -0.25) is 9.80 Å². The summed E-state index contributed by atoms with van der Waals surface area (Å²) in [5, 5.41) is 0. The van der Waals surface area contributed by atoms with Crippen molar-refractivity contribution in [2.45, 2.75) is 51.7 Å². The zero-order valence-electron chi connectivity index (χ0n) is 18.3. The summed E-state index contributed by atoms with van der Waals surface area (Å²) in [5.74, 6) is 1.93. The SMILES string of the molecule is COc1ccc(CN2CCN3C(CCCC3c3ccc(OC)c(C)c3C)C2)cc1. The van der Waals surface area contributed by atoms with Crippen LogP contribution >= 0.6 is 0 Å². The number of piperidine rings is 1. The summed E-state index contributed by atoms with van der Waals surface area (Å²) in [6.07, 6.45) is 3.89. The minimum Gasteiger partial charge on any atom is -0.497 e. The van der Waals surface area contributed by atoms with Crippen molar-refractivity contribution in [3.8, 4) is 11.5 Å². The number of ether oxygens (including phenoxy) is 2. The van der Waals surface area contributed by atoms with Crippen molar-refractivity contribution in [3.05, 3.63) is 58.7 Å². The number of hydrogen-bond acceptors (Lipinski definition) is 4. The molecule has 2 aliphatic heterocycles. The Kier molecular flexibility index (Phi) is 6.12. The fourth-order valence-corrected chi connectivity index (χ4v) is 5.18. The summed E-state index contributed by atoms with van der Waals surface area (Å²) in [4.78, 5) is 5.40. The van der Waals surface area contributed by atoms with E-state index in [1.807, 2.05) is 0 Å². The molecule has 0 bridgehead atoms. The molecule has 2 aliphatic rings. The molecule has 2 aromatic rings. The van der Waals surface area contributed by atoms with Gasteiger partial charge in [-0.15, -0.1) is 0 Å². The lowest BCUT2D eigenvalue weighted by Gasteiger charge is -2.49. The van der Waals surface area contributed by atoms with Crippen molar-refractivity contribution in [1.82, 2.24) is 9.80 Å². The van der Waals surface area contributed by atoms with Crippen molar-refractivity contribution in [1.29, 1.82) is 0 Å². The molecule has 0 saturated carbocycles. The van der Waals surface area contributed by atoms with E-state index in [0.717, 1.165) is 37.7 Å². The van der Waals surface area contributed by atoms with Crippen LogP contribution in [0.5, 0.6) is 11.5 Å². The van der Waals surface area contributed by atoms with E-state index in [2.05, 4.69) is 60.0 Å². The zero-order valence-corrected chi connectivity index (χ0v) is 18.3. The number of benzene rings is 2. The zero-order chi connectivity index (χ0) is 20.4. The van der Waals surface area contributed by atoms with E-state index in [-0.39, 0.29) is 0 Å². The van der Waals surface area contributed by atoms with Gasteiger partial charge in [-0.1, -0.05) is 18.2 Å². The van der Waals surface area contributed by atoms with Gasteiger partial charge in [-0.05, 0) is 73.6 Å². The molecule has 4 heteroatoms. The van der Waals surface area contributed by atoms with Crippen LogP contribution in [-0.2, 0) is 6.54 Å². The molecule has 2 aromatic carbocycles. The second-order valence-electron chi connectivity index (χ2n) is 8.53. The Balaban J connectivity index is 1.46. The predicted octanol–water partition coefficient (Wildman–Crippen LogP) is 4.73. The Labute approximate surface area is 175 Å². The van der Waals surface area contributed by atoms with Crippen molar-refractivity contribution >= 4 is 0 Å². The molecule has 0 N–H and O–H groups in total. The van der Waals surface area contributed by atoms with Crippen molar-refractivity contribution in [2.24, 2.45) is 0 Å². The molecule has 0 aliphatic carbocycles. The summed E-state index contributed by atoms with van der Waals surface area (Å²) in [6, 6.07) is 14.2. The normalized spacial score (nSPS) is 22.9. The Morgan fingerprint density at radius 1 is 0.897 bits per heavy atom. The van der Waals surface area contributed by atoms with E-state index in [9.17, 15) is 0 Å². The molecule has 2 heterocycles. The van der Waals surface area contributed by atoms with Crippen LogP contribution in [0.15, 0.2) is 36.4 Å². The monoisotopic (exact) mass is 394 g/mol. The molecule has 2 saturated heterocycles. The van der Waals surface area contributed by atoms with E-state index in [4.69, 9.17) is 9.47 Å². The smallest absolute Gasteiger partial charge is 0.122 e. The van der Waals surface area contributed by atoms with Gasteiger partial charge in [-0.2, -0.15) is 0 Å². The number of fused-ring (bicyclic) bond motifs is 1. The lowest BCUT2D eigenvalue weighted by molar-refractivity contribution is 0.00617. The minimum absolute atomic E-state index is 0.543. The van der Waals surface area contributed by atoms with Crippen LogP contribution in [0.1, 0.15) is 47.6 Å². The number of rotatable bonds is 5. The predicted molar refractivity (Wildman–Crippen MR) is 118 cm³/mol. The van der Waals surface area contributed by atoms with Gasteiger partial charge in [0.25, 0.3) is 0 Å². The first-order valence-corrected chi connectivity index (χ1v) is 10.9. The van der Waals surface area contributed by atoms with Crippen LogP contribution in [0.25, 0.3) is 0 Å². The Hall–Kier alpha value is -2.04. The lowest BCUT2D eigenvalue weighted by atomic mass is 9.86. The highest BCUT2D eigenvalue weighted by Gasteiger charge is 2.36. The van der Waals surface area contributed by atoms with Crippen LogP contribution in [-0.4, -0.2) is 49.7 Å². The van der Waals surface area contributed by atoms with Crippen LogP contribution in [0.4, 0.5) is 0 Å². The van der Waals surface area contributed by atoms with Crippen molar-refractivity contribution in [3.63, 3.8) is 0 Å². The second kappa shape index (κ2) is 8.76. The van der Waals surface area contributed by atoms with Gasteiger partial charge in [0.2, 0.25) is 0 Å². The highest BCUT2D eigenvalue weighted by atomic mass is 16.5. The topological polar surface area (TPSA) is 24.9 Å². The van der Waals surface area contributed by atoms with Gasteiger partial charge in [0, 0.05) is 38.3 Å². The third kappa shape index (κ3) is 4.15. The Morgan fingerprint density at radius 2 is 1.69 bits per heavy atom. The maximum absolute atomic E-state index is 5.53. The summed E-state index contributed by atoms with van der Waals surface area (Å²) < 4.78 is 10.8. The highest BCUT2D eigenvalue weighted by Crippen LogP contribution is 2.39. The number of nitrogens with zero attached hydrogens (tertiary/aromatic N) is 2. The summed E-state index contributed by atoms with van der Waals surface area (Å²) >= 11 is 0. The molecule has 0 aromatic heterocycles. The van der Waals surface area contributed by atoms with Crippen molar-refractivity contribution in [2.75, 3.05) is 33.9 Å². The van der Waals surface area contributed by atoms with Gasteiger partial charge in [-0.25, -0.2) is 0 Å². The third-order valence-electron chi connectivity index (χ3n) is 6.95. The van der Waals surface area contributed by atoms with Gasteiger partial charge in [0.1, 0.15) is 11.5 Å². The molecule has 0 amide bonds. The molecular formula is C25H34N2O2. The summed E-state index contributed by atoms with van der Waals surface area (Å²) in [5.41, 5.74) is 5.55. The lowest BCUT2D eigenvalue weighted by Crippen LogP contribution is -2.55. The van der Waals surface area contributed by atoms with Gasteiger partial charge in [0.15, 0.2) is 0 Å². The average Bonchev–Trinajstić information content (AvgIpc) is 2.76. The first-order chi connectivity index (χ1) is 14.1. The fourth-order valence-electron chi connectivity index (χ4n) is 5.18. The molecule has 156 valence electrons. The maximum atomic E-state index is 5.53. The average molecular weight is 395 g/mol. The van der Waals surface area contributed by atoms with Crippen LogP contribution < -0.4 is 9.47 Å². The van der Waals surface area contributed by atoms with E-state index >= 15 is 0 Å². The standard InChI is InChI=1S/C25H34N2O2/c1-18-19(2)25(29-4)13-12-23(18)24-7-5-6-21-17-26(14-15-27(21)24)16-20-8-10-22(28-3)11-9-20/h8-13,21,24H,5-7,14-17H2,1-4H3. The number of hydrogen-bond donors (Lipinski definition) is 0. The molecule has 4 rings (SSSR count). The van der Waals surface area contributed by atoms with Crippen LogP contribution in [0, 0.1) is 13.8 Å². The Morgan fingerprint density at radius 3 is 2.41 bits per heavy atom. The second-order valence-corrected chi connectivity index (χ2v) is 8.53. The van der Waals surface area contributed by atoms with Crippen LogP contribution in [0.3, 0.4) is 0 Å².